The normalized spacial score (nSPS) is 10.6. The molecule has 0 spiro atoms. The molecular weight excluding hydrogens is 388 g/mol. The first-order chi connectivity index (χ1) is 14.9. The highest BCUT2D eigenvalue weighted by molar-refractivity contribution is 5.87. The predicted molar refractivity (Wildman–Crippen MR) is 124 cm³/mol. The Morgan fingerprint density at radius 1 is 0.935 bits per heavy atom. The van der Waals surface area contributed by atoms with E-state index in [1.807, 2.05) is 38.1 Å². The van der Waals surface area contributed by atoms with Crippen molar-refractivity contribution < 1.29 is 19.4 Å². The molecule has 0 heterocycles. The predicted octanol–water partition coefficient (Wildman–Crippen LogP) is 5.63. The summed E-state index contributed by atoms with van der Waals surface area (Å²) in [5.41, 5.74) is 7.90. The summed E-state index contributed by atoms with van der Waals surface area (Å²) in [7, 11) is 0. The minimum Gasteiger partial charge on any atom is -0.491 e. The van der Waals surface area contributed by atoms with Gasteiger partial charge in [0.15, 0.2) is 0 Å². The highest BCUT2D eigenvalue weighted by atomic mass is 16.5. The maximum atomic E-state index is 11.8. The van der Waals surface area contributed by atoms with E-state index in [0.717, 1.165) is 44.7 Å². The van der Waals surface area contributed by atoms with Gasteiger partial charge < -0.3 is 14.6 Å². The van der Waals surface area contributed by atoms with Crippen molar-refractivity contribution in [3.8, 4) is 28.0 Å². The van der Waals surface area contributed by atoms with Crippen LogP contribution < -0.4 is 4.74 Å². The second-order valence-corrected chi connectivity index (χ2v) is 7.64. The van der Waals surface area contributed by atoms with Crippen molar-refractivity contribution in [2.45, 2.75) is 27.4 Å². The third kappa shape index (κ3) is 5.62. The van der Waals surface area contributed by atoms with Crippen LogP contribution in [0.15, 0.2) is 72.8 Å². The molecule has 3 rings (SSSR count). The Hall–Kier alpha value is -3.37. The summed E-state index contributed by atoms with van der Waals surface area (Å²) >= 11 is 0. The summed E-state index contributed by atoms with van der Waals surface area (Å²) in [6.07, 6.45) is 0. The van der Waals surface area contributed by atoms with Crippen LogP contribution in [0.3, 0.4) is 0 Å². The van der Waals surface area contributed by atoms with E-state index in [2.05, 4.69) is 43.0 Å². The van der Waals surface area contributed by atoms with Gasteiger partial charge in [-0.15, -0.1) is 0 Å². The molecule has 3 aromatic carbocycles. The largest absolute Gasteiger partial charge is 0.491 e. The van der Waals surface area contributed by atoms with Crippen molar-refractivity contribution in [2.75, 3.05) is 13.2 Å². The lowest BCUT2D eigenvalue weighted by molar-refractivity contribution is -0.140. The lowest BCUT2D eigenvalue weighted by Crippen LogP contribution is -2.05. The van der Waals surface area contributed by atoms with Gasteiger partial charge in [0.1, 0.15) is 19.0 Å². The van der Waals surface area contributed by atoms with Crippen molar-refractivity contribution in [2.24, 2.45) is 0 Å². The van der Waals surface area contributed by atoms with Gasteiger partial charge in [0, 0.05) is 5.57 Å². The minimum atomic E-state index is -0.385. The molecule has 0 unspecified atom stereocenters. The molecule has 0 amide bonds. The van der Waals surface area contributed by atoms with Crippen LogP contribution in [-0.4, -0.2) is 24.3 Å². The van der Waals surface area contributed by atoms with Gasteiger partial charge >= 0.3 is 5.97 Å². The van der Waals surface area contributed by atoms with Crippen LogP contribution in [0.25, 0.3) is 22.3 Å². The molecule has 160 valence electrons. The number of aliphatic hydroxyl groups is 1. The van der Waals surface area contributed by atoms with Gasteiger partial charge in [-0.25, -0.2) is 4.79 Å². The summed E-state index contributed by atoms with van der Waals surface area (Å²) in [5.74, 6) is 0.366. The van der Waals surface area contributed by atoms with Crippen LogP contribution in [0.5, 0.6) is 5.75 Å². The molecule has 0 aromatic heterocycles. The number of carbonyl (C=O) groups excluding carboxylic acids is 1. The fourth-order valence-electron chi connectivity index (χ4n) is 3.43. The Kier molecular flexibility index (Phi) is 7.27. The Bertz CT molecular complexity index is 1080. The monoisotopic (exact) mass is 416 g/mol. The fraction of sp³-hybridized carbons (Fsp3) is 0.222. The maximum absolute atomic E-state index is 11.8. The molecular formula is C27H28O4. The first-order valence-corrected chi connectivity index (χ1v) is 10.3. The highest BCUT2D eigenvalue weighted by Crippen LogP contribution is 2.31. The quantitative estimate of drug-likeness (QED) is 0.382. The lowest BCUT2D eigenvalue weighted by Gasteiger charge is -2.13. The lowest BCUT2D eigenvalue weighted by atomic mass is 9.94. The number of carbonyl (C=O) groups is 1. The SMILES string of the molecule is C=C(C)C(=O)OCc1cc(C)ccc1-c1ccc(-c2ccc(OCCO)cc2C)cc1. The molecule has 4 heteroatoms. The van der Waals surface area contributed by atoms with Gasteiger partial charge in [0.25, 0.3) is 0 Å². The fourth-order valence-corrected chi connectivity index (χ4v) is 3.43. The number of rotatable bonds is 8. The van der Waals surface area contributed by atoms with E-state index in [4.69, 9.17) is 14.6 Å². The molecule has 0 aliphatic carbocycles. The molecule has 0 saturated heterocycles. The smallest absolute Gasteiger partial charge is 0.333 e. The van der Waals surface area contributed by atoms with Crippen molar-refractivity contribution in [3.63, 3.8) is 0 Å². The summed E-state index contributed by atoms with van der Waals surface area (Å²) in [6.45, 7) is 9.84. The van der Waals surface area contributed by atoms with Gasteiger partial charge in [-0.1, -0.05) is 60.7 Å². The Morgan fingerprint density at radius 3 is 2.19 bits per heavy atom. The molecule has 4 nitrogen and oxygen atoms in total. The third-order valence-corrected chi connectivity index (χ3v) is 5.03. The van der Waals surface area contributed by atoms with Gasteiger partial charge in [0.05, 0.1) is 6.61 Å². The molecule has 0 radical (unpaired) electrons. The van der Waals surface area contributed by atoms with Crippen LogP contribution in [0.2, 0.25) is 0 Å². The maximum Gasteiger partial charge on any atom is 0.333 e. The van der Waals surface area contributed by atoms with E-state index in [1.54, 1.807) is 6.92 Å². The van der Waals surface area contributed by atoms with E-state index in [9.17, 15) is 4.79 Å². The second-order valence-electron chi connectivity index (χ2n) is 7.64. The molecule has 0 saturated carbocycles. The van der Waals surface area contributed by atoms with Crippen LogP contribution in [0.1, 0.15) is 23.6 Å². The van der Waals surface area contributed by atoms with Crippen molar-refractivity contribution in [1.29, 1.82) is 0 Å². The molecule has 0 atom stereocenters. The van der Waals surface area contributed by atoms with Crippen molar-refractivity contribution in [3.05, 3.63) is 89.5 Å². The molecule has 31 heavy (non-hydrogen) atoms. The summed E-state index contributed by atoms with van der Waals surface area (Å²) < 4.78 is 10.9. The average Bonchev–Trinajstić information content (AvgIpc) is 2.76. The van der Waals surface area contributed by atoms with Gasteiger partial charge in [0.2, 0.25) is 0 Å². The van der Waals surface area contributed by atoms with Crippen LogP contribution in [0, 0.1) is 13.8 Å². The molecule has 3 aromatic rings. The van der Waals surface area contributed by atoms with Gasteiger partial charge in [-0.05, 0) is 66.3 Å². The van der Waals surface area contributed by atoms with E-state index in [0.29, 0.717) is 5.57 Å². The van der Waals surface area contributed by atoms with Crippen LogP contribution >= 0.6 is 0 Å². The number of hydrogen-bond acceptors (Lipinski definition) is 4. The summed E-state index contributed by atoms with van der Waals surface area (Å²) in [4.78, 5) is 11.8. The van der Waals surface area contributed by atoms with Crippen LogP contribution in [0.4, 0.5) is 0 Å². The van der Waals surface area contributed by atoms with Gasteiger partial charge in [-0.3, -0.25) is 0 Å². The number of aryl methyl sites for hydroxylation is 2. The van der Waals surface area contributed by atoms with E-state index >= 15 is 0 Å². The zero-order valence-corrected chi connectivity index (χ0v) is 18.3. The van der Waals surface area contributed by atoms with E-state index in [-0.39, 0.29) is 25.8 Å². The third-order valence-electron chi connectivity index (χ3n) is 5.03. The van der Waals surface area contributed by atoms with E-state index < -0.39 is 0 Å². The summed E-state index contributed by atoms with van der Waals surface area (Å²) in [6, 6.07) is 20.4. The zero-order chi connectivity index (χ0) is 22.4. The molecule has 0 aliphatic heterocycles. The zero-order valence-electron chi connectivity index (χ0n) is 18.3. The molecule has 0 fully saturated rings. The first kappa shape index (κ1) is 22.3. The Labute approximate surface area is 183 Å². The number of esters is 1. The standard InChI is InChI=1S/C27H28O4/c1-18(2)27(29)31-17-23-15-19(3)5-11-26(23)22-8-6-21(7-9-22)25-12-10-24(16-20(25)4)30-14-13-28/h5-12,15-16,28H,1,13-14,17H2,2-4H3. The second kappa shape index (κ2) is 10.1. The summed E-state index contributed by atoms with van der Waals surface area (Å²) in [5, 5.41) is 8.92. The number of benzene rings is 3. The Balaban J connectivity index is 1.85. The molecule has 1 N–H and O–H groups in total. The topological polar surface area (TPSA) is 55.8 Å². The molecule has 0 bridgehead atoms. The van der Waals surface area contributed by atoms with E-state index in [1.165, 1.54) is 0 Å². The first-order valence-electron chi connectivity index (χ1n) is 10.3. The highest BCUT2D eigenvalue weighted by Gasteiger charge is 2.11. The number of hydrogen-bond donors (Lipinski definition) is 1. The van der Waals surface area contributed by atoms with Crippen molar-refractivity contribution in [1.82, 2.24) is 0 Å². The van der Waals surface area contributed by atoms with Crippen LogP contribution in [-0.2, 0) is 16.1 Å². The minimum absolute atomic E-state index is 0.00431. The van der Waals surface area contributed by atoms with Crippen molar-refractivity contribution >= 4 is 5.97 Å². The average molecular weight is 417 g/mol. The number of aliphatic hydroxyl groups excluding tert-OH is 1. The van der Waals surface area contributed by atoms with Gasteiger partial charge in [-0.2, -0.15) is 0 Å². The molecule has 0 aliphatic rings. The number of ether oxygens (including phenoxy) is 2. The Morgan fingerprint density at radius 2 is 1.58 bits per heavy atom.